The Bertz CT molecular complexity index is 4950. The summed E-state index contributed by atoms with van der Waals surface area (Å²) in [5, 5.41) is 0. The van der Waals surface area contributed by atoms with E-state index >= 15 is 0 Å². The largest absolute Gasteiger partial charge is 0.311 e. The molecule has 0 fully saturated rings. The third-order valence-corrected chi connectivity index (χ3v) is 19.7. The summed E-state index contributed by atoms with van der Waals surface area (Å²) in [6.45, 7) is -0.333. The van der Waals surface area contributed by atoms with E-state index in [1.165, 1.54) is 48.2 Å². The average molecular weight is 1180 g/mol. The number of rotatable bonds is 11. The fraction of sp³-hybridized carbons (Fsp3) is 0. The molecule has 9 heteroatoms. The molecule has 91 heavy (non-hydrogen) atoms. The zero-order chi connectivity index (χ0) is 59.9. The van der Waals surface area contributed by atoms with Crippen molar-refractivity contribution in [3.05, 3.63) is 340 Å². The van der Waals surface area contributed by atoms with Gasteiger partial charge in [-0.2, -0.15) is 0 Å². The molecule has 18 rings (SSSR count). The minimum atomic E-state index is -0.169. The van der Waals surface area contributed by atoms with Crippen molar-refractivity contribution in [2.75, 3.05) is 29.4 Å². The van der Waals surface area contributed by atoms with Crippen LogP contribution in [-0.2, 0) is 0 Å². The summed E-state index contributed by atoms with van der Waals surface area (Å²) < 4.78 is 1.31. The Kier molecular flexibility index (Phi) is 12.5. The van der Waals surface area contributed by atoms with Gasteiger partial charge in [-0.15, -0.1) is 11.3 Å². The number of fused-ring (bicyclic) bond motifs is 8. The number of anilines is 18. The lowest BCUT2D eigenvalue weighted by Crippen LogP contribution is -2.65. The smallest absolute Gasteiger partial charge is 0.264 e. The van der Waals surface area contributed by atoms with Crippen molar-refractivity contribution in [3.8, 4) is 10.4 Å². The van der Waals surface area contributed by atoms with E-state index < -0.39 is 0 Å². The van der Waals surface area contributed by atoms with Crippen LogP contribution in [0.15, 0.2) is 340 Å². The Morgan fingerprint density at radius 1 is 0.231 bits per heavy atom. The number of nitrogens with zero attached hydrogens (tertiary/aromatic N) is 6. The molecule has 14 aromatic rings. The summed E-state index contributed by atoms with van der Waals surface area (Å²) in [6, 6.07) is 125. The minimum Gasteiger partial charge on any atom is -0.311 e. The van der Waals surface area contributed by atoms with E-state index in [9.17, 15) is 0 Å². The highest BCUT2D eigenvalue weighted by Gasteiger charge is 2.49. The first kappa shape index (κ1) is 52.6. The van der Waals surface area contributed by atoms with Crippen LogP contribution in [0.5, 0.6) is 0 Å². The summed E-state index contributed by atoms with van der Waals surface area (Å²) in [4.78, 5) is 16.3. The predicted molar refractivity (Wildman–Crippen MR) is 387 cm³/mol. The third kappa shape index (κ3) is 8.57. The Labute approximate surface area is 535 Å². The first-order valence-corrected chi connectivity index (χ1v) is 32.0. The van der Waals surface area contributed by atoms with E-state index in [0.717, 1.165) is 96.7 Å². The van der Waals surface area contributed by atoms with Gasteiger partial charge >= 0.3 is 0 Å². The third-order valence-electron chi connectivity index (χ3n) is 18.5. The van der Waals surface area contributed by atoms with Crippen molar-refractivity contribution in [1.29, 1.82) is 0 Å². The maximum absolute atomic E-state index is 2.65. The molecule has 0 saturated heterocycles. The predicted octanol–water partition coefficient (Wildman–Crippen LogP) is 18.5. The van der Waals surface area contributed by atoms with Crippen LogP contribution in [0.2, 0.25) is 0 Å². The molecule has 0 saturated carbocycles. The van der Waals surface area contributed by atoms with Crippen molar-refractivity contribution in [3.63, 3.8) is 0 Å². The van der Waals surface area contributed by atoms with Crippen molar-refractivity contribution >= 4 is 159 Å². The van der Waals surface area contributed by atoms with Crippen molar-refractivity contribution in [2.45, 2.75) is 0 Å². The second-order valence-electron chi connectivity index (χ2n) is 23.6. The highest BCUT2D eigenvalue weighted by atomic mass is 32.1. The molecule has 4 aliphatic rings. The van der Waals surface area contributed by atoms with E-state index in [4.69, 9.17) is 0 Å². The van der Waals surface area contributed by atoms with Crippen LogP contribution in [0.3, 0.4) is 0 Å². The summed E-state index contributed by atoms with van der Waals surface area (Å²) in [5.41, 5.74) is 27.4. The summed E-state index contributed by atoms with van der Waals surface area (Å²) in [5.74, 6) is 0. The molecule has 1 aromatic heterocycles. The van der Waals surface area contributed by atoms with Gasteiger partial charge in [-0.1, -0.05) is 200 Å². The van der Waals surface area contributed by atoms with Gasteiger partial charge in [0.15, 0.2) is 0 Å². The number of hydrogen-bond donors (Lipinski definition) is 0. The molecule has 0 radical (unpaired) electrons. The van der Waals surface area contributed by atoms with Crippen molar-refractivity contribution in [1.82, 2.24) is 0 Å². The highest BCUT2D eigenvalue weighted by molar-refractivity contribution is 7.31. The number of para-hydroxylation sites is 9. The second-order valence-corrected chi connectivity index (χ2v) is 24.7. The van der Waals surface area contributed by atoms with Crippen LogP contribution in [-0.4, -0.2) is 13.4 Å². The Morgan fingerprint density at radius 2 is 0.549 bits per heavy atom. The molecular weight excluding hydrogens is 1120 g/mol. The van der Waals surface area contributed by atoms with E-state index in [1.54, 1.807) is 0 Å². The molecule has 4 aliphatic heterocycles. The fourth-order valence-electron chi connectivity index (χ4n) is 14.8. The summed E-state index contributed by atoms with van der Waals surface area (Å²) in [7, 11) is 0. The molecule has 0 unspecified atom stereocenters. The van der Waals surface area contributed by atoms with Crippen LogP contribution < -0.4 is 61.5 Å². The standard InChI is InChI=1S/C82H56B2N6S/c1-10-30-57(31-11-1)79-56-78-82(91-79)84-70-54-69-72(55-73(70)89(64-44-24-8-25-45-64)76-52-67(53-77(81(76)84)90(78)65-46-26-9-27-47-65)86(60-36-16-4-17-37-60)61-38-18-5-19-39-61)88(63-42-22-7-23-43-63)75-51-66(85(58-32-12-2-13-33-58)59-34-14-3-15-35-59)50-74-80(75)83(69)68-48-28-29-49-71(68)87(74)62-40-20-6-21-41-62/h1-56H. The molecule has 13 aromatic carbocycles. The van der Waals surface area contributed by atoms with Gasteiger partial charge in [-0.25, -0.2) is 0 Å². The van der Waals surface area contributed by atoms with Crippen molar-refractivity contribution < 1.29 is 0 Å². The topological polar surface area (TPSA) is 19.4 Å². The van der Waals surface area contributed by atoms with Gasteiger partial charge in [0.25, 0.3) is 13.4 Å². The lowest BCUT2D eigenvalue weighted by Gasteiger charge is -2.47. The zero-order valence-electron chi connectivity index (χ0n) is 49.6. The van der Waals surface area contributed by atoms with E-state index in [-0.39, 0.29) is 13.4 Å². The van der Waals surface area contributed by atoms with Gasteiger partial charge in [0, 0.05) is 95.0 Å². The first-order chi connectivity index (χ1) is 45.2. The molecular formula is C82H56B2N6S. The fourth-order valence-corrected chi connectivity index (χ4v) is 16.1. The lowest BCUT2D eigenvalue weighted by atomic mass is 9.31. The second kappa shape index (κ2) is 21.7. The SMILES string of the molecule is c1ccc(-c2cc3c(s2)B2c4cc5c(cc4N(c4ccccc4)c4cc(N(c6ccccc6)c6ccccc6)cc(c42)N3c2ccccc2)N(c2ccccc2)c2cc(N(c3ccccc3)c3ccccc3)cc3c2B5c2ccccc2N3c2ccccc2)cc1. The van der Waals surface area contributed by atoms with Crippen molar-refractivity contribution in [2.24, 2.45) is 0 Å². The minimum absolute atomic E-state index is 0.164. The Hall–Kier alpha value is -11.5. The number of hydrogen-bond acceptors (Lipinski definition) is 7. The van der Waals surface area contributed by atoms with E-state index in [0.29, 0.717) is 0 Å². The zero-order valence-corrected chi connectivity index (χ0v) is 50.4. The first-order valence-electron chi connectivity index (χ1n) is 31.2. The molecule has 0 N–H and O–H groups in total. The van der Waals surface area contributed by atoms with Gasteiger partial charge < -0.3 is 29.4 Å². The monoisotopic (exact) mass is 1180 g/mol. The summed E-state index contributed by atoms with van der Waals surface area (Å²) in [6.07, 6.45) is 0. The van der Waals surface area contributed by atoms with Crippen LogP contribution in [0.25, 0.3) is 10.4 Å². The van der Waals surface area contributed by atoms with Crippen LogP contribution >= 0.6 is 11.3 Å². The van der Waals surface area contributed by atoms with Gasteiger partial charge in [0.2, 0.25) is 0 Å². The average Bonchev–Trinajstić information content (AvgIpc) is 1.45. The quantitative estimate of drug-likeness (QED) is 0.119. The van der Waals surface area contributed by atoms with Gasteiger partial charge in [-0.05, 0) is 172 Å². The summed E-state index contributed by atoms with van der Waals surface area (Å²) >= 11 is 1.93. The molecule has 0 bridgehead atoms. The molecule has 426 valence electrons. The van der Waals surface area contributed by atoms with Crippen LogP contribution in [0, 0.1) is 0 Å². The molecule has 0 amide bonds. The number of thiophene rings is 1. The van der Waals surface area contributed by atoms with E-state index in [2.05, 4.69) is 369 Å². The maximum Gasteiger partial charge on any atom is 0.264 e. The van der Waals surface area contributed by atoms with Crippen LogP contribution in [0.4, 0.5) is 102 Å². The number of benzene rings is 13. The maximum atomic E-state index is 2.65. The lowest BCUT2D eigenvalue weighted by molar-refractivity contribution is 1.21. The van der Waals surface area contributed by atoms with Gasteiger partial charge in [-0.3, -0.25) is 0 Å². The van der Waals surface area contributed by atoms with Gasteiger partial charge in [0.05, 0.1) is 17.1 Å². The molecule has 0 aliphatic carbocycles. The van der Waals surface area contributed by atoms with E-state index in [1.807, 2.05) is 11.3 Å². The highest BCUT2D eigenvalue weighted by Crippen LogP contribution is 2.53. The Balaban J connectivity index is 0.972. The molecule has 0 spiro atoms. The molecule has 6 nitrogen and oxygen atoms in total. The Morgan fingerprint density at radius 3 is 0.956 bits per heavy atom. The normalized spacial score (nSPS) is 12.9. The van der Waals surface area contributed by atoms with Gasteiger partial charge in [0.1, 0.15) is 0 Å². The molecule has 0 atom stereocenters. The molecule has 5 heterocycles. The van der Waals surface area contributed by atoms with Crippen LogP contribution in [0.1, 0.15) is 0 Å².